The molecule has 1 aromatic rings. The Kier molecular flexibility index (Phi) is 6.92. The van der Waals surface area contributed by atoms with Crippen molar-refractivity contribution < 1.29 is 9.50 Å². The standard InChI is InChI=1S/C21H26FN3O/c1-4-7-17(14-24-23)13-18(21-15(2)8-5-9-19(21)22)12-16(3)25-11-6-10-20(25)26/h4-5,8-9,12-14,20,26H,1,3,6-7,10-11,23H2,2H3/b17-13+,18-12+,24-14-. The number of allylic oxidation sites excluding steroid dienone is 5. The number of hydrazone groups is 1. The van der Waals surface area contributed by atoms with Gasteiger partial charge in [0.2, 0.25) is 0 Å². The van der Waals surface area contributed by atoms with Gasteiger partial charge < -0.3 is 15.8 Å². The Labute approximate surface area is 154 Å². The summed E-state index contributed by atoms with van der Waals surface area (Å²) in [6.45, 7) is 10.4. The number of nitrogens with two attached hydrogens (primary N) is 1. The SMILES string of the molecule is C=CCC(/C=N\N)=C\C(=C/C(=C)N1CCCC1O)c1c(C)cccc1F. The Morgan fingerprint density at radius 2 is 2.23 bits per heavy atom. The van der Waals surface area contributed by atoms with Crippen LogP contribution >= 0.6 is 0 Å². The Hall–Kier alpha value is -2.66. The van der Waals surface area contributed by atoms with Crippen molar-refractivity contribution in [3.05, 3.63) is 77.8 Å². The maximum atomic E-state index is 14.6. The Bertz CT molecular complexity index is 744. The Balaban J connectivity index is 2.54. The quantitative estimate of drug-likeness (QED) is 0.256. The Morgan fingerprint density at radius 3 is 2.81 bits per heavy atom. The lowest BCUT2D eigenvalue weighted by atomic mass is 9.96. The lowest BCUT2D eigenvalue weighted by Gasteiger charge is -2.23. The molecule has 0 radical (unpaired) electrons. The first-order chi connectivity index (χ1) is 12.5. The summed E-state index contributed by atoms with van der Waals surface area (Å²) in [4.78, 5) is 1.83. The first-order valence-corrected chi connectivity index (χ1v) is 8.63. The highest BCUT2D eigenvalue weighted by Gasteiger charge is 2.22. The first kappa shape index (κ1) is 19.7. The number of likely N-dealkylation sites (tertiary alicyclic amines) is 1. The van der Waals surface area contributed by atoms with E-state index in [0.717, 1.165) is 24.1 Å². The van der Waals surface area contributed by atoms with E-state index in [2.05, 4.69) is 18.3 Å². The highest BCUT2D eigenvalue weighted by Crippen LogP contribution is 2.28. The van der Waals surface area contributed by atoms with Crippen LogP contribution in [-0.2, 0) is 0 Å². The van der Waals surface area contributed by atoms with Crippen molar-refractivity contribution in [3.8, 4) is 0 Å². The smallest absolute Gasteiger partial charge is 0.131 e. The second-order valence-corrected chi connectivity index (χ2v) is 6.33. The predicted molar refractivity (Wildman–Crippen MR) is 106 cm³/mol. The van der Waals surface area contributed by atoms with Gasteiger partial charge in [-0.25, -0.2) is 4.39 Å². The van der Waals surface area contributed by atoms with Gasteiger partial charge in [0.05, 0.1) is 6.21 Å². The van der Waals surface area contributed by atoms with Crippen molar-refractivity contribution in [2.24, 2.45) is 10.9 Å². The number of nitrogens with zero attached hydrogens (tertiary/aromatic N) is 2. The minimum Gasteiger partial charge on any atom is -0.374 e. The number of benzene rings is 1. The zero-order chi connectivity index (χ0) is 19.1. The molecule has 0 spiro atoms. The van der Waals surface area contributed by atoms with Crippen molar-refractivity contribution in [1.29, 1.82) is 0 Å². The molecule has 0 bridgehead atoms. The van der Waals surface area contributed by atoms with Crippen LogP contribution in [-0.4, -0.2) is 29.0 Å². The topological polar surface area (TPSA) is 61.8 Å². The molecule has 0 aromatic heterocycles. The second-order valence-electron chi connectivity index (χ2n) is 6.33. The van der Waals surface area contributed by atoms with Crippen LogP contribution in [0.4, 0.5) is 4.39 Å². The summed E-state index contributed by atoms with van der Waals surface area (Å²) in [7, 11) is 0. The largest absolute Gasteiger partial charge is 0.374 e. The van der Waals surface area contributed by atoms with Gasteiger partial charge in [0, 0.05) is 17.8 Å². The summed E-state index contributed by atoms with van der Waals surface area (Å²) in [6, 6.07) is 4.97. The molecule has 1 fully saturated rings. The van der Waals surface area contributed by atoms with E-state index in [-0.39, 0.29) is 5.82 Å². The number of halogens is 1. The lowest BCUT2D eigenvalue weighted by Crippen LogP contribution is -2.27. The normalized spacial score (nSPS) is 18.6. The number of aliphatic hydroxyl groups is 1. The molecule has 1 saturated heterocycles. The first-order valence-electron chi connectivity index (χ1n) is 8.63. The Morgan fingerprint density at radius 1 is 1.46 bits per heavy atom. The molecule has 2 rings (SSSR count). The van der Waals surface area contributed by atoms with Crippen molar-refractivity contribution in [2.75, 3.05) is 6.54 Å². The molecule has 1 unspecified atom stereocenters. The summed E-state index contributed by atoms with van der Waals surface area (Å²) < 4.78 is 14.6. The molecular formula is C21H26FN3O. The fraction of sp³-hybridized carbons (Fsp3) is 0.286. The molecule has 0 amide bonds. The van der Waals surface area contributed by atoms with Gasteiger partial charge in [-0.15, -0.1) is 6.58 Å². The highest BCUT2D eigenvalue weighted by molar-refractivity contribution is 5.87. The third-order valence-corrected chi connectivity index (χ3v) is 4.38. The minimum atomic E-state index is -0.552. The van der Waals surface area contributed by atoms with E-state index in [9.17, 15) is 9.50 Å². The maximum absolute atomic E-state index is 14.6. The number of aliphatic hydroxyl groups excluding tert-OH is 1. The molecule has 5 heteroatoms. The fourth-order valence-electron chi connectivity index (χ4n) is 3.14. The van der Waals surface area contributed by atoms with Gasteiger partial charge in [-0.3, -0.25) is 0 Å². The van der Waals surface area contributed by atoms with Crippen LogP contribution in [0.15, 0.2) is 66.0 Å². The second kappa shape index (κ2) is 9.15. The van der Waals surface area contributed by atoms with Crippen LogP contribution in [0.1, 0.15) is 30.4 Å². The lowest BCUT2D eigenvalue weighted by molar-refractivity contribution is 0.0659. The van der Waals surface area contributed by atoms with E-state index < -0.39 is 6.23 Å². The van der Waals surface area contributed by atoms with Crippen molar-refractivity contribution in [2.45, 2.75) is 32.4 Å². The average molecular weight is 355 g/mol. The van der Waals surface area contributed by atoms with Crippen LogP contribution in [0.25, 0.3) is 5.57 Å². The van der Waals surface area contributed by atoms with E-state index in [1.807, 2.05) is 24.0 Å². The van der Waals surface area contributed by atoms with Gasteiger partial charge in [-0.2, -0.15) is 5.10 Å². The fourth-order valence-corrected chi connectivity index (χ4v) is 3.14. The molecule has 0 saturated carbocycles. The van der Waals surface area contributed by atoms with Gasteiger partial charge in [0.1, 0.15) is 12.0 Å². The van der Waals surface area contributed by atoms with Gasteiger partial charge in [0.15, 0.2) is 0 Å². The van der Waals surface area contributed by atoms with Gasteiger partial charge >= 0.3 is 0 Å². The molecule has 1 atom stereocenters. The third-order valence-electron chi connectivity index (χ3n) is 4.38. The molecule has 4 nitrogen and oxygen atoms in total. The van der Waals surface area contributed by atoms with Crippen LogP contribution in [0, 0.1) is 12.7 Å². The van der Waals surface area contributed by atoms with Crippen molar-refractivity contribution in [3.63, 3.8) is 0 Å². The van der Waals surface area contributed by atoms with Crippen LogP contribution < -0.4 is 5.84 Å². The molecule has 3 N–H and O–H groups in total. The molecule has 26 heavy (non-hydrogen) atoms. The van der Waals surface area contributed by atoms with E-state index >= 15 is 0 Å². The minimum absolute atomic E-state index is 0.315. The van der Waals surface area contributed by atoms with Crippen molar-refractivity contribution >= 4 is 11.8 Å². The maximum Gasteiger partial charge on any atom is 0.131 e. The van der Waals surface area contributed by atoms with Gasteiger partial charge in [-0.05, 0) is 61.1 Å². The van der Waals surface area contributed by atoms with Gasteiger partial charge in [-0.1, -0.05) is 24.8 Å². The van der Waals surface area contributed by atoms with Gasteiger partial charge in [0.25, 0.3) is 0 Å². The average Bonchev–Trinajstić information content (AvgIpc) is 3.01. The zero-order valence-electron chi connectivity index (χ0n) is 15.2. The zero-order valence-corrected chi connectivity index (χ0v) is 15.2. The third kappa shape index (κ3) is 4.70. The van der Waals surface area contributed by atoms with Crippen molar-refractivity contribution in [1.82, 2.24) is 4.90 Å². The molecule has 1 heterocycles. The van der Waals surface area contributed by atoms with E-state index in [4.69, 9.17) is 5.84 Å². The summed E-state index contributed by atoms with van der Waals surface area (Å²) in [5, 5.41) is 13.7. The van der Waals surface area contributed by atoms with Crippen LogP contribution in [0.2, 0.25) is 0 Å². The monoisotopic (exact) mass is 355 g/mol. The van der Waals surface area contributed by atoms with E-state index in [1.54, 1.807) is 18.2 Å². The van der Waals surface area contributed by atoms with E-state index in [0.29, 0.717) is 29.7 Å². The molecule has 1 aliphatic heterocycles. The summed E-state index contributed by atoms with van der Waals surface area (Å²) in [6.07, 6.45) is 8.49. The molecular weight excluding hydrogens is 329 g/mol. The molecule has 0 aliphatic carbocycles. The number of hydrogen-bond donors (Lipinski definition) is 2. The molecule has 1 aliphatic rings. The summed E-state index contributed by atoms with van der Waals surface area (Å²) >= 11 is 0. The predicted octanol–water partition coefficient (Wildman–Crippen LogP) is 3.89. The number of hydrogen-bond acceptors (Lipinski definition) is 4. The number of aryl methyl sites for hydroxylation is 1. The summed E-state index contributed by atoms with van der Waals surface area (Å²) in [5.41, 5.74) is 3.40. The highest BCUT2D eigenvalue weighted by atomic mass is 19.1. The van der Waals surface area contributed by atoms with Crippen LogP contribution in [0.5, 0.6) is 0 Å². The number of rotatable bonds is 7. The summed E-state index contributed by atoms with van der Waals surface area (Å²) in [5.74, 6) is 4.98. The molecule has 1 aromatic carbocycles. The van der Waals surface area contributed by atoms with Crippen LogP contribution in [0.3, 0.4) is 0 Å². The molecule has 138 valence electrons. The van der Waals surface area contributed by atoms with E-state index in [1.165, 1.54) is 12.3 Å².